The molecule has 0 atom stereocenters. The van der Waals surface area contributed by atoms with E-state index in [0.29, 0.717) is 36.2 Å². The topological polar surface area (TPSA) is 89.5 Å². The zero-order chi connectivity index (χ0) is 29.2. The molecule has 0 saturated carbocycles. The highest BCUT2D eigenvalue weighted by Gasteiger charge is 2.24. The second kappa shape index (κ2) is 13.6. The van der Waals surface area contributed by atoms with Crippen LogP contribution in [0, 0.1) is 0 Å². The molecule has 4 rings (SSSR count). The smallest absolute Gasteiger partial charge is 0.395 e. The van der Waals surface area contributed by atoms with Crippen molar-refractivity contribution < 1.29 is 38.0 Å². The molecule has 0 saturated heterocycles. The highest BCUT2D eigenvalue weighted by molar-refractivity contribution is 5.68. The second-order valence-electron chi connectivity index (χ2n) is 9.74. The third kappa shape index (κ3) is 8.17. The summed E-state index contributed by atoms with van der Waals surface area (Å²) in [7, 11) is 3.23. The van der Waals surface area contributed by atoms with Crippen LogP contribution in [0.2, 0.25) is 0 Å². The van der Waals surface area contributed by atoms with Gasteiger partial charge in [0.15, 0.2) is 0 Å². The van der Waals surface area contributed by atoms with Crippen molar-refractivity contribution in [3.05, 3.63) is 119 Å². The van der Waals surface area contributed by atoms with E-state index in [2.05, 4.69) is 13.8 Å². The molecule has 212 valence electrons. The Morgan fingerprint density at radius 2 is 0.756 bits per heavy atom. The van der Waals surface area contributed by atoms with Crippen molar-refractivity contribution in [2.24, 2.45) is 0 Å². The molecule has 0 aliphatic carbocycles. The van der Waals surface area contributed by atoms with Gasteiger partial charge in [-0.25, -0.2) is 9.59 Å². The van der Waals surface area contributed by atoms with Gasteiger partial charge in [0.2, 0.25) is 0 Å². The average molecular weight is 557 g/mol. The number of methoxy groups -OCH3 is 2. The van der Waals surface area contributed by atoms with Crippen molar-refractivity contribution in [3.63, 3.8) is 0 Å². The molecule has 0 unspecified atom stereocenters. The van der Waals surface area contributed by atoms with Crippen LogP contribution in [0.4, 0.5) is 9.59 Å². The zero-order valence-electron chi connectivity index (χ0n) is 23.4. The minimum absolute atomic E-state index is 0.362. The first-order valence-electron chi connectivity index (χ1n) is 12.9. The lowest BCUT2D eigenvalue weighted by Crippen LogP contribution is -2.19. The molecule has 0 aliphatic rings. The second-order valence-corrected chi connectivity index (χ2v) is 9.74. The van der Waals surface area contributed by atoms with Gasteiger partial charge in [-0.3, -0.25) is 0 Å². The van der Waals surface area contributed by atoms with Crippen LogP contribution in [0.1, 0.15) is 36.1 Å². The van der Waals surface area contributed by atoms with Gasteiger partial charge in [-0.05, 0) is 70.8 Å². The van der Waals surface area contributed by atoms with Gasteiger partial charge in [-0.15, -0.1) is 0 Å². The predicted molar refractivity (Wildman–Crippen MR) is 153 cm³/mol. The Morgan fingerprint density at radius 1 is 0.488 bits per heavy atom. The van der Waals surface area contributed by atoms with E-state index < -0.39 is 12.3 Å². The molecule has 0 bridgehead atoms. The van der Waals surface area contributed by atoms with E-state index in [0.717, 1.165) is 22.3 Å². The van der Waals surface area contributed by atoms with Crippen molar-refractivity contribution in [1.82, 2.24) is 0 Å². The van der Waals surface area contributed by atoms with Crippen LogP contribution in [0.3, 0.4) is 0 Å². The molecule has 0 aromatic heterocycles. The van der Waals surface area contributed by atoms with Crippen molar-refractivity contribution in [2.75, 3.05) is 14.2 Å². The molecule has 4 aromatic rings. The SMILES string of the molecule is COCc1ccc(OC(=O)Oc2ccc(C(C)(C)c3ccc(OC(=O)Oc4ccc(COC)cc4)cc3)cc2)cc1. The molecule has 0 aliphatic heterocycles. The molecule has 0 radical (unpaired) electrons. The lowest BCUT2D eigenvalue weighted by Gasteiger charge is -2.26. The summed E-state index contributed by atoms with van der Waals surface area (Å²) in [5.41, 5.74) is 3.55. The van der Waals surface area contributed by atoms with Crippen LogP contribution >= 0.6 is 0 Å². The molecular weight excluding hydrogens is 524 g/mol. The monoisotopic (exact) mass is 556 g/mol. The molecule has 0 fully saturated rings. The van der Waals surface area contributed by atoms with Gasteiger partial charge in [0.05, 0.1) is 13.2 Å². The summed E-state index contributed by atoms with van der Waals surface area (Å²) >= 11 is 0. The first-order valence-corrected chi connectivity index (χ1v) is 12.9. The van der Waals surface area contributed by atoms with E-state index >= 15 is 0 Å². The van der Waals surface area contributed by atoms with E-state index in [1.54, 1.807) is 62.8 Å². The molecule has 0 spiro atoms. The van der Waals surface area contributed by atoms with Crippen molar-refractivity contribution in [3.8, 4) is 23.0 Å². The normalized spacial score (nSPS) is 11.0. The molecular formula is C33H32O8. The molecule has 0 heterocycles. The van der Waals surface area contributed by atoms with E-state index in [9.17, 15) is 9.59 Å². The molecule has 0 N–H and O–H groups in total. The third-order valence-electron chi connectivity index (χ3n) is 6.43. The van der Waals surface area contributed by atoms with Gasteiger partial charge >= 0.3 is 12.3 Å². The van der Waals surface area contributed by atoms with E-state index in [4.69, 9.17) is 28.4 Å². The van der Waals surface area contributed by atoms with Crippen molar-refractivity contribution >= 4 is 12.3 Å². The van der Waals surface area contributed by atoms with Gasteiger partial charge in [0.1, 0.15) is 23.0 Å². The third-order valence-corrected chi connectivity index (χ3v) is 6.43. The van der Waals surface area contributed by atoms with E-state index in [-0.39, 0.29) is 5.41 Å². The number of carbonyl (C=O) groups excluding carboxylic acids is 2. The Bertz CT molecular complexity index is 1310. The highest BCUT2D eigenvalue weighted by Crippen LogP contribution is 2.33. The maximum atomic E-state index is 12.2. The molecule has 8 nitrogen and oxygen atoms in total. The van der Waals surface area contributed by atoms with Crippen LogP contribution in [0.25, 0.3) is 0 Å². The summed E-state index contributed by atoms with van der Waals surface area (Å²) in [4.78, 5) is 24.5. The number of benzene rings is 4. The predicted octanol–water partition coefficient (Wildman–Crippen LogP) is 7.46. The van der Waals surface area contributed by atoms with Crippen molar-refractivity contribution in [2.45, 2.75) is 32.5 Å². The Balaban J connectivity index is 1.31. The van der Waals surface area contributed by atoms with E-state index in [1.807, 2.05) is 48.5 Å². The summed E-state index contributed by atoms with van der Waals surface area (Å²) in [6, 6.07) is 28.4. The Hall–Kier alpha value is -4.66. The van der Waals surface area contributed by atoms with Gasteiger partial charge in [0, 0.05) is 19.6 Å². The lowest BCUT2D eigenvalue weighted by atomic mass is 9.78. The van der Waals surface area contributed by atoms with Crippen LogP contribution in [0.5, 0.6) is 23.0 Å². The van der Waals surface area contributed by atoms with Crippen LogP contribution in [-0.2, 0) is 28.1 Å². The maximum absolute atomic E-state index is 12.2. The first-order chi connectivity index (χ1) is 19.8. The number of carbonyl (C=O) groups is 2. The summed E-state index contributed by atoms with van der Waals surface area (Å²) in [5.74, 6) is 1.48. The number of hydrogen-bond donors (Lipinski definition) is 0. The summed E-state index contributed by atoms with van der Waals surface area (Å²) in [6.45, 7) is 5.10. The van der Waals surface area contributed by atoms with Gasteiger partial charge in [-0.1, -0.05) is 62.4 Å². The number of ether oxygens (including phenoxy) is 6. The van der Waals surface area contributed by atoms with Gasteiger partial charge in [0.25, 0.3) is 0 Å². The van der Waals surface area contributed by atoms with E-state index in [1.165, 1.54) is 0 Å². The summed E-state index contributed by atoms with van der Waals surface area (Å²) in [5, 5.41) is 0. The minimum atomic E-state index is -0.825. The van der Waals surface area contributed by atoms with Gasteiger partial charge in [-0.2, -0.15) is 0 Å². The Morgan fingerprint density at radius 3 is 1.02 bits per heavy atom. The number of hydrogen-bond acceptors (Lipinski definition) is 8. The van der Waals surface area contributed by atoms with Crippen LogP contribution < -0.4 is 18.9 Å². The standard InChI is InChI=1S/C33H32O8/c1-33(2,25-9-17-29(18-10-25)40-31(34)38-27-13-5-23(6-14-27)21-36-3)26-11-19-30(20-12-26)41-32(35)39-28-15-7-24(8-16-28)22-37-4/h5-20H,21-22H2,1-4H3. The first kappa shape index (κ1) is 29.3. The largest absolute Gasteiger partial charge is 0.519 e. The minimum Gasteiger partial charge on any atom is -0.395 e. The quantitative estimate of drug-likeness (QED) is 0.147. The fourth-order valence-corrected chi connectivity index (χ4v) is 4.11. The lowest BCUT2D eigenvalue weighted by molar-refractivity contribution is 0.150. The van der Waals surface area contributed by atoms with Crippen LogP contribution in [-0.4, -0.2) is 26.5 Å². The maximum Gasteiger partial charge on any atom is 0.519 e. The fourth-order valence-electron chi connectivity index (χ4n) is 4.11. The molecule has 4 aromatic carbocycles. The molecule has 41 heavy (non-hydrogen) atoms. The zero-order valence-corrected chi connectivity index (χ0v) is 23.4. The molecule has 0 amide bonds. The fraction of sp³-hybridized carbons (Fsp3) is 0.212. The van der Waals surface area contributed by atoms with Gasteiger partial charge < -0.3 is 28.4 Å². The Labute approximate surface area is 239 Å². The average Bonchev–Trinajstić information content (AvgIpc) is 2.96. The summed E-state index contributed by atoms with van der Waals surface area (Å²) in [6.07, 6.45) is -1.65. The Kier molecular flexibility index (Phi) is 9.73. The van der Waals surface area contributed by atoms with Crippen LogP contribution in [0.15, 0.2) is 97.1 Å². The summed E-state index contributed by atoms with van der Waals surface area (Å²) < 4.78 is 31.3. The highest BCUT2D eigenvalue weighted by atomic mass is 16.7. The number of rotatable bonds is 10. The van der Waals surface area contributed by atoms with Crippen molar-refractivity contribution in [1.29, 1.82) is 0 Å². The molecule has 8 heteroatoms.